The molecule has 1 saturated carbocycles. The number of piperidine rings is 1. The zero-order valence-corrected chi connectivity index (χ0v) is 14.3. The van der Waals surface area contributed by atoms with Crippen LogP contribution in [0.4, 0.5) is 10.5 Å². The number of carbonyl (C=O) groups excluding carboxylic acids is 3. The minimum atomic E-state index is -0.555. The Morgan fingerprint density at radius 2 is 1.76 bits per heavy atom. The van der Waals surface area contributed by atoms with Gasteiger partial charge in [0.05, 0.1) is 5.92 Å². The van der Waals surface area contributed by atoms with Crippen molar-refractivity contribution < 1.29 is 19.1 Å². The molecular formula is C19H24N2O4. The van der Waals surface area contributed by atoms with Crippen LogP contribution in [0.15, 0.2) is 30.3 Å². The van der Waals surface area contributed by atoms with Crippen molar-refractivity contribution in [2.45, 2.75) is 44.6 Å². The fourth-order valence-corrected chi connectivity index (χ4v) is 3.35. The lowest BCUT2D eigenvalue weighted by Gasteiger charge is -2.32. The van der Waals surface area contributed by atoms with E-state index < -0.39 is 6.10 Å². The monoisotopic (exact) mass is 344 g/mol. The van der Waals surface area contributed by atoms with Crippen LogP contribution in [-0.4, -0.2) is 41.9 Å². The van der Waals surface area contributed by atoms with Crippen molar-refractivity contribution in [1.29, 1.82) is 0 Å². The number of carbonyl (C=O) groups is 3. The molecule has 1 saturated heterocycles. The van der Waals surface area contributed by atoms with E-state index in [1.165, 1.54) is 0 Å². The number of hydrogen-bond donors (Lipinski definition) is 1. The third-order valence-corrected chi connectivity index (χ3v) is 4.90. The molecule has 2 amide bonds. The molecule has 134 valence electrons. The number of anilines is 1. The summed E-state index contributed by atoms with van der Waals surface area (Å²) in [6.07, 6.45) is 3.56. The van der Waals surface area contributed by atoms with Crippen molar-refractivity contribution in [3.05, 3.63) is 30.3 Å². The fourth-order valence-electron chi connectivity index (χ4n) is 3.35. The molecule has 1 aliphatic heterocycles. The molecule has 6 nitrogen and oxygen atoms in total. The number of hydrogen-bond acceptors (Lipinski definition) is 4. The number of ketones is 1. The third kappa shape index (κ3) is 4.59. The second kappa shape index (κ2) is 8.14. The van der Waals surface area contributed by atoms with E-state index in [1.54, 1.807) is 4.90 Å². The molecule has 1 aromatic carbocycles. The van der Waals surface area contributed by atoms with Gasteiger partial charge in [-0.1, -0.05) is 18.2 Å². The van der Waals surface area contributed by atoms with Crippen LogP contribution < -0.4 is 5.32 Å². The SMILES string of the molecule is O=C(O[C@H]1CCCCC1=O)C1CCN(C(=O)Nc2ccccc2)CC1. The van der Waals surface area contributed by atoms with Gasteiger partial charge in [0.15, 0.2) is 11.9 Å². The lowest BCUT2D eigenvalue weighted by atomic mass is 9.94. The maximum Gasteiger partial charge on any atom is 0.321 e. The molecule has 1 N–H and O–H groups in total. The largest absolute Gasteiger partial charge is 0.454 e. The van der Waals surface area contributed by atoms with E-state index in [4.69, 9.17) is 4.74 Å². The standard InChI is InChI=1S/C19H24N2O4/c22-16-8-4-5-9-17(16)25-18(23)14-10-12-21(13-11-14)19(24)20-15-6-2-1-3-7-15/h1-3,6-7,14,17H,4-5,8-13H2,(H,20,24)/t17-/m0/s1. The fraction of sp³-hybridized carbons (Fsp3) is 0.526. The van der Waals surface area contributed by atoms with Gasteiger partial charge in [0.25, 0.3) is 0 Å². The summed E-state index contributed by atoms with van der Waals surface area (Å²) >= 11 is 0. The van der Waals surface area contributed by atoms with Gasteiger partial charge in [-0.05, 0) is 44.2 Å². The predicted molar refractivity (Wildman–Crippen MR) is 93.1 cm³/mol. The van der Waals surface area contributed by atoms with E-state index in [0.717, 1.165) is 18.5 Å². The predicted octanol–water partition coefficient (Wildman–Crippen LogP) is 2.99. The zero-order chi connectivity index (χ0) is 17.6. The Morgan fingerprint density at radius 3 is 2.44 bits per heavy atom. The Morgan fingerprint density at radius 1 is 1.04 bits per heavy atom. The molecule has 1 aromatic rings. The van der Waals surface area contributed by atoms with Crippen molar-refractivity contribution in [2.24, 2.45) is 5.92 Å². The summed E-state index contributed by atoms with van der Waals surface area (Å²) in [6, 6.07) is 9.14. The van der Waals surface area contributed by atoms with Gasteiger partial charge in [-0.15, -0.1) is 0 Å². The summed E-state index contributed by atoms with van der Waals surface area (Å²) in [7, 11) is 0. The Labute approximate surface area is 147 Å². The quantitative estimate of drug-likeness (QED) is 0.855. The van der Waals surface area contributed by atoms with Gasteiger partial charge in [0.2, 0.25) is 0 Å². The Balaban J connectivity index is 1.45. The van der Waals surface area contributed by atoms with Gasteiger partial charge in [-0.2, -0.15) is 0 Å². The highest BCUT2D eigenvalue weighted by Crippen LogP contribution is 2.23. The van der Waals surface area contributed by atoms with Crippen LogP contribution in [0.1, 0.15) is 38.5 Å². The molecule has 1 heterocycles. The summed E-state index contributed by atoms with van der Waals surface area (Å²) in [5.41, 5.74) is 0.754. The smallest absolute Gasteiger partial charge is 0.321 e. The van der Waals surface area contributed by atoms with Crippen molar-refractivity contribution in [3.8, 4) is 0 Å². The van der Waals surface area contributed by atoms with E-state index in [9.17, 15) is 14.4 Å². The number of esters is 1. The molecule has 0 bridgehead atoms. The second-order valence-electron chi connectivity index (χ2n) is 6.70. The Hall–Kier alpha value is -2.37. The molecule has 25 heavy (non-hydrogen) atoms. The molecule has 0 aromatic heterocycles. The molecule has 0 unspecified atom stereocenters. The van der Waals surface area contributed by atoms with Crippen LogP contribution in [0.5, 0.6) is 0 Å². The number of rotatable bonds is 3. The molecule has 0 radical (unpaired) electrons. The maximum absolute atomic E-state index is 12.3. The molecule has 2 aliphatic rings. The van der Waals surface area contributed by atoms with E-state index in [-0.39, 0.29) is 23.7 Å². The Bertz CT molecular complexity index is 624. The summed E-state index contributed by atoms with van der Waals surface area (Å²) in [5.74, 6) is -0.474. The highest BCUT2D eigenvalue weighted by molar-refractivity contribution is 5.89. The number of nitrogens with one attached hydrogen (secondary N) is 1. The topological polar surface area (TPSA) is 75.7 Å². The lowest BCUT2D eigenvalue weighted by Crippen LogP contribution is -2.43. The second-order valence-corrected chi connectivity index (χ2v) is 6.70. The summed E-state index contributed by atoms with van der Waals surface area (Å²) in [6.45, 7) is 1.02. The molecule has 3 rings (SSSR count). The first kappa shape index (κ1) is 17.5. The molecule has 1 aliphatic carbocycles. The molecule has 2 fully saturated rings. The highest BCUT2D eigenvalue weighted by Gasteiger charge is 2.32. The third-order valence-electron chi connectivity index (χ3n) is 4.90. The number of ether oxygens (including phenoxy) is 1. The number of nitrogens with zero attached hydrogens (tertiary/aromatic N) is 1. The summed E-state index contributed by atoms with van der Waals surface area (Å²) in [4.78, 5) is 38.0. The van der Waals surface area contributed by atoms with Crippen LogP contribution in [0, 0.1) is 5.92 Å². The minimum Gasteiger partial charge on any atom is -0.454 e. The number of likely N-dealkylation sites (tertiary alicyclic amines) is 1. The maximum atomic E-state index is 12.3. The van der Waals surface area contributed by atoms with Gasteiger partial charge < -0.3 is 15.0 Å². The number of urea groups is 1. The average Bonchev–Trinajstić information content (AvgIpc) is 2.64. The normalized spacial score (nSPS) is 21.7. The van der Waals surface area contributed by atoms with Crippen LogP contribution in [0.2, 0.25) is 0 Å². The van der Waals surface area contributed by atoms with Crippen molar-refractivity contribution in [2.75, 3.05) is 18.4 Å². The van der Waals surface area contributed by atoms with E-state index in [1.807, 2.05) is 30.3 Å². The van der Waals surface area contributed by atoms with Gasteiger partial charge in [-0.25, -0.2) is 4.79 Å². The number of benzene rings is 1. The first-order valence-corrected chi connectivity index (χ1v) is 8.97. The summed E-state index contributed by atoms with van der Waals surface area (Å²) < 4.78 is 5.43. The molecule has 6 heteroatoms. The Kier molecular flexibility index (Phi) is 5.68. The van der Waals surface area contributed by atoms with Crippen molar-refractivity contribution in [3.63, 3.8) is 0 Å². The van der Waals surface area contributed by atoms with Crippen LogP contribution in [-0.2, 0) is 14.3 Å². The van der Waals surface area contributed by atoms with Crippen LogP contribution >= 0.6 is 0 Å². The first-order chi connectivity index (χ1) is 12.1. The first-order valence-electron chi connectivity index (χ1n) is 8.97. The number of Topliss-reactive ketones (excluding diaryl/α,β-unsaturated/α-hetero) is 1. The molecule has 1 atom stereocenters. The lowest BCUT2D eigenvalue weighted by molar-refractivity contribution is -0.161. The van der Waals surface area contributed by atoms with E-state index in [2.05, 4.69) is 5.32 Å². The van der Waals surface area contributed by atoms with Gasteiger partial charge in [0.1, 0.15) is 0 Å². The van der Waals surface area contributed by atoms with E-state index in [0.29, 0.717) is 38.8 Å². The van der Waals surface area contributed by atoms with Crippen molar-refractivity contribution in [1.82, 2.24) is 4.90 Å². The number of amides is 2. The van der Waals surface area contributed by atoms with Gasteiger partial charge in [0, 0.05) is 25.2 Å². The number of para-hydroxylation sites is 1. The minimum absolute atomic E-state index is 0.0410. The average molecular weight is 344 g/mol. The molecule has 0 spiro atoms. The zero-order valence-electron chi connectivity index (χ0n) is 14.3. The highest BCUT2D eigenvalue weighted by atomic mass is 16.5. The van der Waals surface area contributed by atoms with Gasteiger partial charge >= 0.3 is 12.0 Å². The van der Waals surface area contributed by atoms with Crippen LogP contribution in [0.3, 0.4) is 0 Å². The van der Waals surface area contributed by atoms with E-state index >= 15 is 0 Å². The van der Waals surface area contributed by atoms with Crippen molar-refractivity contribution >= 4 is 23.5 Å². The molecular weight excluding hydrogens is 320 g/mol. The van der Waals surface area contributed by atoms with Gasteiger partial charge in [-0.3, -0.25) is 9.59 Å². The van der Waals surface area contributed by atoms with Crippen LogP contribution in [0.25, 0.3) is 0 Å². The summed E-state index contributed by atoms with van der Waals surface area (Å²) in [5, 5.41) is 2.85.